The first-order chi connectivity index (χ1) is 7.77. The van der Waals surface area contributed by atoms with E-state index in [2.05, 4.69) is 9.97 Å². The van der Waals surface area contributed by atoms with E-state index in [1.165, 1.54) is 32.1 Å². The van der Waals surface area contributed by atoms with Gasteiger partial charge in [0.25, 0.3) is 0 Å². The van der Waals surface area contributed by atoms with Crippen LogP contribution >= 0.6 is 0 Å². The van der Waals surface area contributed by atoms with E-state index in [1.807, 2.05) is 0 Å². The molecular weight excluding hydrogens is 202 g/mol. The van der Waals surface area contributed by atoms with Crippen molar-refractivity contribution in [2.45, 2.75) is 50.7 Å². The Hall–Kier alpha value is -0.870. The van der Waals surface area contributed by atoms with Crippen molar-refractivity contribution in [3.8, 4) is 0 Å². The predicted molar refractivity (Wildman–Crippen MR) is 62.7 cm³/mol. The number of hydrogen-bond donors (Lipinski definition) is 3. The van der Waals surface area contributed by atoms with Crippen LogP contribution in [-0.2, 0) is 0 Å². The van der Waals surface area contributed by atoms with E-state index in [9.17, 15) is 5.11 Å². The van der Waals surface area contributed by atoms with Gasteiger partial charge in [0, 0.05) is 18.4 Å². The Balaban J connectivity index is 1.84. The summed E-state index contributed by atoms with van der Waals surface area (Å²) in [6.07, 6.45) is 10.1. The molecule has 0 aliphatic heterocycles. The maximum atomic E-state index is 9.99. The third-order valence-electron chi connectivity index (χ3n) is 3.54. The number of aliphatic hydroxyl groups excluding tert-OH is 1. The molecule has 0 unspecified atom stereocenters. The molecule has 2 rings (SSSR count). The quantitative estimate of drug-likeness (QED) is 0.727. The highest BCUT2D eigenvalue weighted by Crippen LogP contribution is 2.29. The minimum Gasteiger partial charge on any atom is -0.384 e. The second kappa shape index (κ2) is 5.46. The van der Waals surface area contributed by atoms with E-state index in [1.54, 1.807) is 12.4 Å². The van der Waals surface area contributed by atoms with Crippen molar-refractivity contribution in [2.24, 2.45) is 11.7 Å². The normalized spacial score (nSPS) is 21.9. The highest BCUT2D eigenvalue weighted by atomic mass is 16.3. The van der Waals surface area contributed by atoms with Gasteiger partial charge >= 0.3 is 0 Å². The molecule has 4 N–H and O–H groups in total. The summed E-state index contributed by atoms with van der Waals surface area (Å²) in [6, 6.07) is -0.200. The van der Waals surface area contributed by atoms with E-state index < -0.39 is 6.10 Å². The molecule has 0 spiro atoms. The van der Waals surface area contributed by atoms with Crippen molar-refractivity contribution in [1.82, 2.24) is 9.97 Å². The van der Waals surface area contributed by atoms with Gasteiger partial charge in [-0.3, -0.25) is 0 Å². The number of hydrogen-bond acceptors (Lipinski definition) is 3. The van der Waals surface area contributed by atoms with E-state index in [0.717, 1.165) is 6.42 Å². The lowest BCUT2D eigenvalue weighted by Crippen LogP contribution is -2.32. The standard InChI is InChI=1S/C12H21N3O/c13-10(8-9-4-2-1-3-5-9)11(16)12-14-6-7-15-12/h6-7,9-11,16H,1-5,8,13H2,(H,14,15)/t10-,11+/m1/s1. The van der Waals surface area contributed by atoms with Crippen LogP contribution in [0.5, 0.6) is 0 Å². The van der Waals surface area contributed by atoms with Crippen LogP contribution in [0.4, 0.5) is 0 Å². The Morgan fingerprint density at radius 3 is 2.81 bits per heavy atom. The van der Waals surface area contributed by atoms with Gasteiger partial charge in [-0.15, -0.1) is 0 Å². The molecule has 4 nitrogen and oxygen atoms in total. The Labute approximate surface area is 96.3 Å². The van der Waals surface area contributed by atoms with Crippen molar-refractivity contribution >= 4 is 0 Å². The fourth-order valence-electron chi connectivity index (χ4n) is 2.58. The molecule has 4 heteroatoms. The first-order valence-corrected chi connectivity index (χ1v) is 6.20. The zero-order chi connectivity index (χ0) is 11.4. The third-order valence-corrected chi connectivity index (χ3v) is 3.54. The fraction of sp³-hybridized carbons (Fsp3) is 0.750. The van der Waals surface area contributed by atoms with Gasteiger partial charge in [0.1, 0.15) is 11.9 Å². The van der Waals surface area contributed by atoms with Crippen LogP contribution < -0.4 is 5.73 Å². The maximum Gasteiger partial charge on any atom is 0.136 e. The zero-order valence-corrected chi connectivity index (χ0v) is 9.60. The molecule has 2 atom stereocenters. The lowest BCUT2D eigenvalue weighted by molar-refractivity contribution is 0.120. The molecule has 0 radical (unpaired) electrons. The minimum absolute atomic E-state index is 0.200. The fourth-order valence-corrected chi connectivity index (χ4v) is 2.58. The Kier molecular flexibility index (Phi) is 3.96. The SMILES string of the molecule is N[C@H](CC1CCCCC1)[C@H](O)c1ncc[nH]1. The second-order valence-electron chi connectivity index (χ2n) is 4.82. The molecule has 1 fully saturated rings. The molecule has 16 heavy (non-hydrogen) atoms. The molecule has 90 valence electrons. The molecule has 1 heterocycles. The van der Waals surface area contributed by atoms with Gasteiger partial charge in [0.15, 0.2) is 0 Å². The average Bonchev–Trinajstić information content (AvgIpc) is 2.83. The van der Waals surface area contributed by atoms with Gasteiger partial charge in [-0.25, -0.2) is 4.98 Å². The summed E-state index contributed by atoms with van der Waals surface area (Å²) in [7, 11) is 0. The lowest BCUT2D eigenvalue weighted by Gasteiger charge is -2.26. The van der Waals surface area contributed by atoms with Gasteiger partial charge in [-0.2, -0.15) is 0 Å². The summed E-state index contributed by atoms with van der Waals surface area (Å²) in [4.78, 5) is 6.96. The number of rotatable bonds is 4. The van der Waals surface area contributed by atoms with Gasteiger partial charge < -0.3 is 15.8 Å². The van der Waals surface area contributed by atoms with Crippen LogP contribution in [0.2, 0.25) is 0 Å². The average molecular weight is 223 g/mol. The first-order valence-electron chi connectivity index (χ1n) is 6.20. The van der Waals surface area contributed by atoms with Crippen molar-refractivity contribution < 1.29 is 5.11 Å². The highest BCUT2D eigenvalue weighted by molar-refractivity contribution is 4.96. The molecule has 1 aliphatic rings. The lowest BCUT2D eigenvalue weighted by atomic mass is 9.84. The largest absolute Gasteiger partial charge is 0.384 e. The smallest absolute Gasteiger partial charge is 0.136 e. The van der Waals surface area contributed by atoms with Crippen molar-refractivity contribution in [2.75, 3.05) is 0 Å². The Morgan fingerprint density at radius 1 is 1.44 bits per heavy atom. The monoisotopic (exact) mass is 223 g/mol. The van der Waals surface area contributed by atoms with Gasteiger partial charge in [0.2, 0.25) is 0 Å². The number of aromatic amines is 1. The second-order valence-corrected chi connectivity index (χ2v) is 4.82. The van der Waals surface area contributed by atoms with Crippen molar-refractivity contribution in [3.63, 3.8) is 0 Å². The molecule has 1 aliphatic carbocycles. The number of nitrogens with two attached hydrogens (primary N) is 1. The van der Waals surface area contributed by atoms with Crippen LogP contribution in [0, 0.1) is 5.92 Å². The number of H-pyrrole nitrogens is 1. The van der Waals surface area contributed by atoms with Gasteiger partial charge in [-0.1, -0.05) is 32.1 Å². The van der Waals surface area contributed by atoms with Crippen LogP contribution in [0.3, 0.4) is 0 Å². The maximum absolute atomic E-state index is 9.99. The summed E-state index contributed by atoms with van der Waals surface area (Å²) >= 11 is 0. The van der Waals surface area contributed by atoms with Crippen LogP contribution in [0.15, 0.2) is 12.4 Å². The molecule has 0 amide bonds. The Morgan fingerprint density at radius 2 is 2.19 bits per heavy atom. The van der Waals surface area contributed by atoms with Crippen molar-refractivity contribution in [1.29, 1.82) is 0 Å². The van der Waals surface area contributed by atoms with Crippen LogP contribution in [-0.4, -0.2) is 21.1 Å². The summed E-state index contributed by atoms with van der Waals surface area (Å²) in [5.74, 6) is 1.27. The molecule has 0 saturated heterocycles. The van der Waals surface area contributed by atoms with E-state index in [-0.39, 0.29) is 6.04 Å². The number of nitrogens with zero attached hydrogens (tertiary/aromatic N) is 1. The summed E-state index contributed by atoms with van der Waals surface area (Å²) < 4.78 is 0. The summed E-state index contributed by atoms with van der Waals surface area (Å²) in [6.45, 7) is 0. The number of aromatic nitrogens is 2. The highest BCUT2D eigenvalue weighted by Gasteiger charge is 2.23. The van der Waals surface area contributed by atoms with E-state index >= 15 is 0 Å². The summed E-state index contributed by atoms with van der Waals surface area (Å²) in [5.41, 5.74) is 6.03. The summed E-state index contributed by atoms with van der Waals surface area (Å²) in [5, 5.41) is 9.99. The molecule has 0 bridgehead atoms. The topological polar surface area (TPSA) is 74.9 Å². The molecule has 0 aromatic carbocycles. The number of aliphatic hydroxyl groups is 1. The zero-order valence-electron chi connectivity index (χ0n) is 9.60. The van der Waals surface area contributed by atoms with Crippen LogP contribution in [0.25, 0.3) is 0 Å². The Bertz CT molecular complexity index is 293. The van der Waals surface area contributed by atoms with Gasteiger partial charge in [0.05, 0.1) is 0 Å². The number of imidazole rings is 1. The number of nitrogens with one attached hydrogen (secondary N) is 1. The van der Waals surface area contributed by atoms with E-state index in [4.69, 9.17) is 5.73 Å². The van der Waals surface area contributed by atoms with Crippen molar-refractivity contribution in [3.05, 3.63) is 18.2 Å². The molecule has 1 saturated carbocycles. The van der Waals surface area contributed by atoms with Crippen LogP contribution in [0.1, 0.15) is 50.5 Å². The molecule has 1 aromatic heterocycles. The molecule has 1 aromatic rings. The third kappa shape index (κ3) is 2.83. The first kappa shape index (κ1) is 11.6. The van der Waals surface area contributed by atoms with Gasteiger partial charge in [-0.05, 0) is 12.3 Å². The minimum atomic E-state index is -0.656. The molecular formula is C12H21N3O. The van der Waals surface area contributed by atoms with E-state index in [0.29, 0.717) is 11.7 Å². The predicted octanol–water partition coefficient (Wildman–Crippen LogP) is 1.74.